The lowest BCUT2D eigenvalue weighted by Gasteiger charge is -1.94. The molecule has 0 saturated carbocycles. The molecule has 0 saturated heterocycles. The summed E-state index contributed by atoms with van der Waals surface area (Å²) < 4.78 is 21.3. The van der Waals surface area contributed by atoms with E-state index in [0.29, 0.717) is 0 Å². The van der Waals surface area contributed by atoms with Crippen LogP contribution in [0.4, 0.5) is 0 Å². The second-order valence-electron chi connectivity index (χ2n) is 1.81. The molecule has 0 aromatic rings. The predicted molar refractivity (Wildman–Crippen MR) is 38.0 cm³/mol. The van der Waals surface area contributed by atoms with Crippen LogP contribution in [0.2, 0.25) is 0 Å². The minimum atomic E-state index is -3.32. The second kappa shape index (κ2) is 3.36. The molecule has 0 aliphatic carbocycles. The minimum Gasteiger partial charge on any atom is -0.369 e. The molecule has 0 aliphatic rings. The first-order chi connectivity index (χ1) is 4.48. The van der Waals surface area contributed by atoms with Gasteiger partial charge < -0.3 is 5.73 Å². The van der Waals surface area contributed by atoms with Gasteiger partial charge in [-0.05, 0) is 0 Å². The van der Waals surface area contributed by atoms with Crippen LogP contribution in [0.1, 0.15) is 0 Å². The fourth-order valence-corrected chi connectivity index (χ4v) is 1.37. The second-order valence-corrected chi connectivity index (χ2v) is 3.92. The van der Waals surface area contributed by atoms with E-state index in [9.17, 15) is 13.2 Å². The summed E-state index contributed by atoms with van der Waals surface area (Å²) in [5.74, 6) is -1.63. The van der Waals surface area contributed by atoms with Crippen LogP contribution in [-0.2, 0) is 14.6 Å². The van der Waals surface area contributed by atoms with Crippen molar-refractivity contribution in [3.63, 3.8) is 0 Å². The van der Waals surface area contributed by atoms with Gasteiger partial charge in [0.1, 0.15) is 5.75 Å². The van der Waals surface area contributed by atoms with Crippen LogP contribution in [-0.4, -0.2) is 25.8 Å². The fourth-order valence-electron chi connectivity index (χ4n) is 0.455. The van der Waals surface area contributed by atoms with Crippen molar-refractivity contribution in [3.05, 3.63) is 12.7 Å². The first-order valence-corrected chi connectivity index (χ1v) is 4.39. The van der Waals surface area contributed by atoms with Gasteiger partial charge in [-0.25, -0.2) is 8.42 Å². The predicted octanol–water partition coefficient (Wildman–Crippen LogP) is -0.927. The Bertz CT molecular complexity index is 229. The van der Waals surface area contributed by atoms with Crippen molar-refractivity contribution in [3.8, 4) is 0 Å². The van der Waals surface area contributed by atoms with Gasteiger partial charge in [0.2, 0.25) is 5.91 Å². The Morgan fingerprint density at radius 1 is 1.60 bits per heavy atom. The molecule has 58 valence electrons. The molecule has 4 nitrogen and oxygen atoms in total. The maximum Gasteiger partial charge on any atom is 0.232 e. The molecule has 0 fully saturated rings. The van der Waals surface area contributed by atoms with E-state index in [0.717, 1.165) is 0 Å². The molecule has 0 spiro atoms. The van der Waals surface area contributed by atoms with Gasteiger partial charge in [-0.1, -0.05) is 6.08 Å². The van der Waals surface area contributed by atoms with Crippen LogP contribution in [0.25, 0.3) is 0 Å². The van der Waals surface area contributed by atoms with E-state index in [4.69, 9.17) is 0 Å². The normalized spacial score (nSPS) is 10.8. The number of primary amides is 1. The first-order valence-electron chi connectivity index (χ1n) is 2.57. The minimum absolute atomic E-state index is 0.198. The zero-order valence-electron chi connectivity index (χ0n) is 5.41. The molecule has 0 rings (SSSR count). The number of hydrogen-bond acceptors (Lipinski definition) is 3. The molecule has 5 heteroatoms. The highest BCUT2D eigenvalue weighted by Crippen LogP contribution is 1.88. The van der Waals surface area contributed by atoms with Gasteiger partial charge in [0.15, 0.2) is 9.84 Å². The molecule has 0 bridgehead atoms. The summed E-state index contributed by atoms with van der Waals surface area (Å²) >= 11 is 0. The maximum atomic E-state index is 10.7. The van der Waals surface area contributed by atoms with Crippen molar-refractivity contribution in [2.75, 3.05) is 11.5 Å². The molecule has 0 aliphatic heterocycles. The number of hydrogen-bond donors (Lipinski definition) is 1. The van der Waals surface area contributed by atoms with Gasteiger partial charge in [0.25, 0.3) is 0 Å². The lowest BCUT2D eigenvalue weighted by molar-refractivity contribution is -0.115. The summed E-state index contributed by atoms with van der Waals surface area (Å²) in [7, 11) is -3.32. The van der Waals surface area contributed by atoms with Crippen LogP contribution < -0.4 is 5.73 Å². The smallest absolute Gasteiger partial charge is 0.232 e. The van der Waals surface area contributed by atoms with Gasteiger partial charge in [-0.3, -0.25) is 4.79 Å². The summed E-state index contributed by atoms with van der Waals surface area (Å²) in [5, 5.41) is 0. The summed E-state index contributed by atoms with van der Waals surface area (Å²) in [6, 6.07) is 0. The van der Waals surface area contributed by atoms with Crippen molar-refractivity contribution in [2.45, 2.75) is 0 Å². The number of nitrogens with two attached hydrogens (primary N) is 1. The lowest BCUT2D eigenvalue weighted by atomic mass is 10.8. The Morgan fingerprint density at radius 3 is 2.40 bits per heavy atom. The van der Waals surface area contributed by atoms with Crippen molar-refractivity contribution in [1.82, 2.24) is 0 Å². The number of sulfone groups is 1. The zero-order chi connectivity index (χ0) is 8.20. The lowest BCUT2D eigenvalue weighted by Crippen LogP contribution is -2.24. The topological polar surface area (TPSA) is 77.2 Å². The zero-order valence-corrected chi connectivity index (χ0v) is 6.23. The summed E-state index contributed by atoms with van der Waals surface area (Å²) in [4.78, 5) is 10.1. The van der Waals surface area contributed by atoms with Gasteiger partial charge in [0, 0.05) is 0 Å². The number of carbonyl (C=O) groups excluding carboxylic acids is 1. The third kappa shape index (κ3) is 4.08. The third-order valence-corrected chi connectivity index (χ3v) is 2.20. The molecule has 0 aromatic carbocycles. The van der Waals surface area contributed by atoms with Crippen LogP contribution in [0.5, 0.6) is 0 Å². The van der Waals surface area contributed by atoms with Crippen LogP contribution in [0.15, 0.2) is 12.7 Å². The van der Waals surface area contributed by atoms with Crippen molar-refractivity contribution in [1.29, 1.82) is 0 Å². The van der Waals surface area contributed by atoms with Crippen LogP contribution in [0, 0.1) is 0 Å². The largest absolute Gasteiger partial charge is 0.369 e. The van der Waals surface area contributed by atoms with E-state index in [-0.39, 0.29) is 5.75 Å². The molecule has 2 N–H and O–H groups in total. The van der Waals surface area contributed by atoms with Gasteiger partial charge in [-0.15, -0.1) is 6.58 Å². The highest BCUT2D eigenvalue weighted by atomic mass is 32.2. The standard InChI is InChI=1S/C5H9NO3S/c1-2-3-10(8,9)4-5(6)7/h2H,1,3-4H2,(H2,6,7). The quantitative estimate of drug-likeness (QED) is 0.544. The van der Waals surface area contributed by atoms with Crippen molar-refractivity contribution in [2.24, 2.45) is 5.73 Å². The monoisotopic (exact) mass is 163 g/mol. The average Bonchev–Trinajstić information content (AvgIpc) is 1.59. The Balaban J connectivity index is 4.14. The third-order valence-electron chi connectivity index (χ3n) is 0.734. The van der Waals surface area contributed by atoms with E-state index < -0.39 is 21.5 Å². The number of carbonyl (C=O) groups is 1. The van der Waals surface area contributed by atoms with E-state index in [1.165, 1.54) is 6.08 Å². The Labute approximate surface area is 59.6 Å². The average molecular weight is 163 g/mol. The van der Waals surface area contributed by atoms with E-state index >= 15 is 0 Å². The molecule has 10 heavy (non-hydrogen) atoms. The van der Waals surface area contributed by atoms with Gasteiger partial charge in [0.05, 0.1) is 5.75 Å². The Morgan fingerprint density at radius 2 is 2.10 bits per heavy atom. The maximum absolute atomic E-state index is 10.7. The van der Waals surface area contributed by atoms with E-state index in [1.807, 2.05) is 0 Å². The van der Waals surface area contributed by atoms with Gasteiger partial charge >= 0.3 is 0 Å². The van der Waals surface area contributed by atoms with Crippen molar-refractivity contribution < 1.29 is 13.2 Å². The SMILES string of the molecule is C=CCS(=O)(=O)CC(N)=O. The Hall–Kier alpha value is -0.840. The molecule has 1 amide bonds. The summed E-state index contributed by atoms with van der Waals surface area (Å²) in [5.41, 5.74) is 4.66. The van der Waals surface area contributed by atoms with Crippen LogP contribution >= 0.6 is 0 Å². The fraction of sp³-hybridized carbons (Fsp3) is 0.400. The molecular formula is C5H9NO3S. The van der Waals surface area contributed by atoms with Crippen molar-refractivity contribution >= 4 is 15.7 Å². The first kappa shape index (κ1) is 9.16. The molecule has 0 atom stereocenters. The molecule has 0 heterocycles. The molecule has 0 aromatic heterocycles. The number of amides is 1. The summed E-state index contributed by atoms with van der Waals surface area (Å²) in [6.45, 7) is 3.22. The molecule has 0 unspecified atom stereocenters. The highest BCUT2D eigenvalue weighted by Gasteiger charge is 2.11. The van der Waals surface area contributed by atoms with E-state index in [2.05, 4.69) is 12.3 Å². The number of rotatable bonds is 4. The Kier molecular flexibility index (Phi) is 3.08. The summed E-state index contributed by atoms with van der Waals surface area (Å²) in [6.07, 6.45) is 1.22. The highest BCUT2D eigenvalue weighted by molar-refractivity contribution is 7.92. The molecular weight excluding hydrogens is 154 g/mol. The van der Waals surface area contributed by atoms with Gasteiger partial charge in [-0.2, -0.15) is 0 Å². The van der Waals surface area contributed by atoms with Crippen LogP contribution in [0.3, 0.4) is 0 Å². The molecule has 0 radical (unpaired) electrons. The van der Waals surface area contributed by atoms with E-state index in [1.54, 1.807) is 0 Å².